The van der Waals surface area contributed by atoms with Gasteiger partial charge in [-0.25, -0.2) is 20.0 Å². The number of nitrogens with one attached hydrogen (secondary N) is 2. The zero-order chi connectivity index (χ0) is 31.8. The standard InChI is InChI=1S/C23H29F6N5O5S3/c1-10-13(9-33(19(30)37)32-20(38)39-21(2,3)4)40-18-17(10)12(7-15(35)41-22(24,25)26)34(11-5-6-11)14(31-18)8-16(36)42-23(27,28)29/h11-12,14,31H,5-9H2,1-4H3,(H2,30,37)(H,32,38). The van der Waals surface area contributed by atoms with E-state index in [2.05, 4.69) is 10.7 Å². The molecular formula is C23H29F6N5O5S3. The molecule has 19 heteroatoms. The van der Waals surface area contributed by atoms with Crippen LogP contribution in [0.25, 0.3) is 0 Å². The first kappa shape index (κ1) is 34.1. The summed E-state index contributed by atoms with van der Waals surface area (Å²) in [4.78, 5) is 51.2. The summed E-state index contributed by atoms with van der Waals surface area (Å²) < 4.78 is 82.8. The molecule has 0 saturated heterocycles. The van der Waals surface area contributed by atoms with E-state index in [1.807, 2.05) is 0 Å². The maximum atomic E-state index is 13.0. The fourth-order valence-electron chi connectivity index (χ4n) is 4.46. The van der Waals surface area contributed by atoms with Gasteiger partial charge in [0.2, 0.25) is 5.12 Å². The summed E-state index contributed by atoms with van der Waals surface area (Å²) >= 11 is -0.616. The van der Waals surface area contributed by atoms with Crippen molar-refractivity contribution < 1.29 is 50.3 Å². The summed E-state index contributed by atoms with van der Waals surface area (Å²) in [5, 5.41) is 1.68. The van der Waals surface area contributed by atoms with Crippen molar-refractivity contribution in [3.8, 4) is 0 Å². The average Bonchev–Trinajstić information content (AvgIpc) is 3.53. The van der Waals surface area contributed by atoms with Crippen LogP contribution in [0.4, 0.5) is 40.9 Å². The molecule has 0 radical (unpaired) electrons. The molecule has 0 spiro atoms. The molecule has 1 aromatic heterocycles. The number of hydrogen-bond acceptors (Lipinski definition) is 10. The van der Waals surface area contributed by atoms with Crippen molar-refractivity contribution in [2.24, 2.45) is 5.73 Å². The molecule has 1 aromatic rings. The third-order valence-electron chi connectivity index (χ3n) is 5.98. The lowest BCUT2D eigenvalue weighted by molar-refractivity contribution is -0.114. The maximum Gasteiger partial charge on any atom is 0.449 e. The molecule has 42 heavy (non-hydrogen) atoms. The number of alkyl halides is 6. The van der Waals surface area contributed by atoms with E-state index in [0.29, 0.717) is 33.8 Å². The predicted octanol–water partition coefficient (Wildman–Crippen LogP) is 5.97. The van der Waals surface area contributed by atoms with E-state index in [1.54, 1.807) is 32.6 Å². The Morgan fingerprint density at radius 1 is 1.05 bits per heavy atom. The van der Waals surface area contributed by atoms with Gasteiger partial charge in [-0.1, -0.05) is 0 Å². The van der Waals surface area contributed by atoms with E-state index in [0.717, 1.165) is 16.3 Å². The third kappa shape index (κ3) is 9.84. The van der Waals surface area contributed by atoms with Crippen molar-refractivity contribution in [3.63, 3.8) is 0 Å². The number of carbonyl (C=O) groups is 4. The Hall–Kier alpha value is -2.38. The van der Waals surface area contributed by atoms with Crippen molar-refractivity contribution in [2.75, 3.05) is 5.32 Å². The highest BCUT2D eigenvalue weighted by atomic mass is 32.2. The number of fused-ring (bicyclic) bond motifs is 1. The highest BCUT2D eigenvalue weighted by molar-refractivity contribution is 8.14. The van der Waals surface area contributed by atoms with Gasteiger partial charge < -0.3 is 15.8 Å². The summed E-state index contributed by atoms with van der Waals surface area (Å²) in [6.45, 7) is 6.10. The van der Waals surface area contributed by atoms with E-state index in [9.17, 15) is 45.5 Å². The molecule has 3 amide bonds. The molecule has 236 valence electrons. The molecular weight excluding hydrogens is 636 g/mol. The van der Waals surface area contributed by atoms with Crippen molar-refractivity contribution in [1.82, 2.24) is 15.3 Å². The summed E-state index contributed by atoms with van der Waals surface area (Å²) in [7, 11) is 0. The minimum atomic E-state index is -4.85. The molecule has 3 rings (SSSR count). The van der Waals surface area contributed by atoms with Gasteiger partial charge in [-0.05, 0) is 46.1 Å². The van der Waals surface area contributed by atoms with Gasteiger partial charge in [0.05, 0.1) is 24.1 Å². The van der Waals surface area contributed by atoms with Crippen LogP contribution in [0.1, 0.15) is 68.5 Å². The minimum Gasteiger partial charge on any atom is -0.443 e. The van der Waals surface area contributed by atoms with Crippen molar-refractivity contribution in [1.29, 1.82) is 0 Å². The smallest absolute Gasteiger partial charge is 0.443 e. The fraction of sp³-hybridized carbons (Fsp3) is 0.652. The molecule has 2 heterocycles. The Morgan fingerprint density at radius 3 is 2.07 bits per heavy atom. The first-order valence-electron chi connectivity index (χ1n) is 12.4. The number of thioether (sulfide) groups is 2. The second kappa shape index (κ2) is 12.7. The molecule has 1 aliphatic carbocycles. The van der Waals surface area contributed by atoms with Crippen LogP contribution in [0.2, 0.25) is 0 Å². The first-order chi connectivity index (χ1) is 19.1. The summed E-state index contributed by atoms with van der Waals surface area (Å²) in [5.74, 6) is 0. The molecule has 2 atom stereocenters. The molecule has 2 aliphatic rings. The highest BCUT2D eigenvalue weighted by Gasteiger charge is 2.47. The highest BCUT2D eigenvalue weighted by Crippen LogP contribution is 2.51. The number of nitrogens with two attached hydrogens (primary N) is 1. The molecule has 2 unspecified atom stereocenters. The number of hydrazine groups is 1. The summed E-state index contributed by atoms with van der Waals surface area (Å²) in [5.41, 5.74) is -2.04. The fourth-order valence-corrected chi connectivity index (χ4v) is 6.75. The van der Waals surface area contributed by atoms with Gasteiger partial charge in [0.15, 0.2) is 5.12 Å². The van der Waals surface area contributed by atoms with E-state index in [4.69, 9.17) is 10.5 Å². The van der Waals surface area contributed by atoms with E-state index in [1.165, 1.54) is 0 Å². The Kier molecular flexibility index (Phi) is 10.3. The molecule has 1 fully saturated rings. The van der Waals surface area contributed by atoms with Gasteiger partial charge in [-0.3, -0.25) is 14.5 Å². The van der Waals surface area contributed by atoms with Crippen LogP contribution in [0.15, 0.2) is 0 Å². The molecule has 0 aromatic carbocycles. The van der Waals surface area contributed by atoms with E-state index < -0.39 is 87.5 Å². The van der Waals surface area contributed by atoms with Crippen LogP contribution in [-0.4, -0.2) is 61.1 Å². The van der Waals surface area contributed by atoms with Crippen molar-refractivity contribution in [2.45, 2.75) is 94.8 Å². The average molecular weight is 666 g/mol. The number of primary amides is 1. The summed E-state index contributed by atoms with van der Waals surface area (Å²) in [6, 6.07) is -2.34. The number of carbonyl (C=O) groups excluding carboxylic acids is 4. The maximum absolute atomic E-state index is 13.0. The van der Waals surface area contributed by atoms with E-state index >= 15 is 0 Å². The van der Waals surface area contributed by atoms with Gasteiger partial charge in [0.25, 0.3) is 0 Å². The number of ether oxygens (including phenoxy) is 1. The molecule has 4 N–H and O–H groups in total. The number of halogens is 6. The number of hydrogen-bond donors (Lipinski definition) is 3. The van der Waals surface area contributed by atoms with Gasteiger partial charge in [-0.2, -0.15) is 26.3 Å². The van der Waals surface area contributed by atoms with Gasteiger partial charge in [0.1, 0.15) is 5.60 Å². The summed E-state index contributed by atoms with van der Waals surface area (Å²) in [6.07, 6.45) is -2.17. The number of rotatable bonds is 7. The second-order valence-corrected chi connectivity index (χ2v) is 13.9. The Bertz CT molecular complexity index is 1220. The zero-order valence-electron chi connectivity index (χ0n) is 22.8. The molecule has 0 bridgehead atoms. The van der Waals surface area contributed by atoms with Crippen molar-refractivity contribution >= 4 is 62.2 Å². The van der Waals surface area contributed by atoms with Crippen LogP contribution in [0.5, 0.6) is 0 Å². The first-order valence-corrected chi connectivity index (χ1v) is 14.9. The van der Waals surface area contributed by atoms with Gasteiger partial charge in [0, 0.05) is 52.5 Å². The van der Waals surface area contributed by atoms with Crippen LogP contribution >= 0.6 is 34.9 Å². The minimum absolute atomic E-state index is 0.285. The third-order valence-corrected chi connectivity index (χ3v) is 8.46. The van der Waals surface area contributed by atoms with E-state index in [-0.39, 0.29) is 12.6 Å². The molecule has 10 nitrogen and oxygen atoms in total. The molecule has 1 aliphatic heterocycles. The van der Waals surface area contributed by atoms with Gasteiger partial charge >= 0.3 is 23.1 Å². The number of amides is 3. The Labute approximate surface area is 249 Å². The van der Waals surface area contributed by atoms with Crippen LogP contribution in [0.3, 0.4) is 0 Å². The number of nitrogens with zero attached hydrogens (tertiary/aromatic N) is 2. The lowest BCUT2D eigenvalue weighted by Gasteiger charge is -2.43. The van der Waals surface area contributed by atoms with Crippen molar-refractivity contribution in [3.05, 3.63) is 16.0 Å². The number of thiophene rings is 1. The Balaban J connectivity index is 1.98. The number of urea groups is 1. The van der Waals surface area contributed by atoms with Gasteiger partial charge in [-0.15, -0.1) is 11.3 Å². The van der Waals surface area contributed by atoms with Crippen LogP contribution in [0, 0.1) is 6.92 Å². The number of anilines is 1. The largest absolute Gasteiger partial charge is 0.449 e. The lowest BCUT2D eigenvalue weighted by Crippen LogP contribution is -2.49. The normalized spacial score (nSPS) is 19.5. The molecule has 1 saturated carbocycles. The van der Waals surface area contributed by atoms with Crippen LogP contribution < -0.4 is 16.5 Å². The van der Waals surface area contributed by atoms with Crippen LogP contribution in [-0.2, 0) is 20.9 Å². The SMILES string of the molecule is Cc1c(CN(NC(=O)OC(C)(C)C)C(N)=O)sc2c1C(CC(=O)SC(F)(F)F)N(C1CC1)C(CC(=O)SC(F)(F)F)N2. The predicted molar refractivity (Wildman–Crippen MR) is 145 cm³/mol. The quantitative estimate of drug-likeness (QED) is 0.238. The zero-order valence-corrected chi connectivity index (χ0v) is 25.2. The topological polar surface area (TPSA) is 134 Å². The second-order valence-electron chi connectivity index (χ2n) is 10.5. The Morgan fingerprint density at radius 2 is 1.60 bits per heavy atom. The lowest BCUT2D eigenvalue weighted by atomic mass is 9.95. The monoisotopic (exact) mass is 665 g/mol.